The zero-order chi connectivity index (χ0) is 13.7. The van der Waals surface area contributed by atoms with Gasteiger partial charge in [0.2, 0.25) is 0 Å². The number of hydrogen-bond donors (Lipinski definition) is 0. The summed E-state index contributed by atoms with van der Waals surface area (Å²) in [6, 6.07) is 20.1. The summed E-state index contributed by atoms with van der Waals surface area (Å²) >= 11 is 0. The smallest absolute Gasteiger partial charge is 0.0166 e. The molecule has 0 aliphatic heterocycles. The Kier molecular flexibility index (Phi) is 2.72. The van der Waals surface area contributed by atoms with Crippen molar-refractivity contribution in [3.63, 3.8) is 0 Å². The summed E-state index contributed by atoms with van der Waals surface area (Å²) in [5, 5.41) is 0.337. The fraction of sp³-hybridized carbons (Fsp3) is 0.333. The van der Waals surface area contributed by atoms with Crippen LogP contribution in [0.2, 0.25) is 0 Å². The molecule has 2 aromatic rings. The zero-order valence-electron chi connectivity index (χ0n) is 12.3. The highest BCUT2D eigenvalue weighted by Crippen LogP contribution is 2.59. The second-order valence-electron chi connectivity index (χ2n) is 6.78. The van der Waals surface area contributed by atoms with Crippen LogP contribution >= 0.6 is 0 Å². The zero-order valence-corrected chi connectivity index (χ0v) is 14.3. The van der Waals surface area contributed by atoms with E-state index in [1.807, 2.05) is 0 Å². The third-order valence-corrected chi connectivity index (χ3v) is 7.24. The quantitative estimate of drug-likeness (QED) is 0.694. The van der Waals surface area contributed by atoms with Crippen molar-refractivity contribution >= 4 is 10.2 Å². The van der Waals surface area contributed by atoms with Crippen LogP contribution in [0.1, 0.15) is 43.4 Å². The van der Waals surface area contributed by atoms with Crippen molar-refractivity contribution in [2.24, 2.45) is 5.41 Å². The lowest BCUT2D eigenvalue weighted by atomic mass is 9.71. The van der Waals surface area contributed by atoms with Crippen molar-refractivity contribution in [1.29, 1.82) is 0 Å². The van der Waals surface area contributed by atoms with E-state index in [4.69, 9.17) is 0 Å². The van der Waals surface area contributed by atoms with Crippen molar-refractivity contribution in [2.45, 2.75) is 31.7 Å². The highest BCUT2D eigenvalue weighted by Gasteiger charge is 2.52. The van der Waals surface area contributed by atoms with Crippen LogP contribution in [0.15, 0.2) is 54.6 Å². The maximum atomic E-state index is 2.45. The normalized spacial score (nSPS) is 28.3. The van der Waals surface area contributed by atoms with Crippen LogP contribution in [0.5, 0.6) is 0 Å². The maximum Gasteiger partial charge on any atom is 0.0166 e. The lowest BCUT2D eigenvalue weighted by Gasteiger charge is -2.40. The van der Waals surface area contributed by atoms with Crippen molar-refractivity contribution in [3.8, 4) is 0 Å². The molecule has 19 heavy (non-hydrogen) atoms. The SMILES string of the molecule is CC1([SiH3])c2ccccc2C(c2ccccc2)C1(C)C. The van der Waals surface area contributed by atoms with Crippen LogP contribution in [-0.2, 0) is 5.04 Å². The Morgan fingerprint density at radius 3 is 2.11 bits per heavy atom. The molecular weight excluding hydrogens is 244 g/mol. The molecule has 2 atom stereocenters. The van der Waals surface area contributed by atoms with Crippen molar-refractivity contribution in [2.75, 3.05) is 0 Å². The second-order valence-corrected chi connectivity index (χ2v) is 8.78. The standard InChI is InChI=1S/C18H22Si/c1-17(2)16(13-9-5-4-6-10-13)14-11-7-8-12-15(14)18(17,3)19/h4-12,16H,1-3,19H3. The minimum Gasteiger partial charge on any atom is -0.0622 e. The van der Waals surface area contributed by atoms with E-state index in [0.717, 1.165) is 0 Å². The van der Waals surface area contributed by atoms with Gasteiger partial charge < -0.3 is 0 Å². The molecule has 0 N–H and O–H groups in total. The highest BCUT2D eigenvalue weighted by atomic mass is 28.1. The fourth-order valence-electron chi connectivity index (χ4n) is 3.66. The second kappa shape index (κ2) is 4.07. The maximum absolute atomic E-state index is 2.45. The molecule has 1 aliphatic rings. The molecule has 2 unspecified atom stereocenters. The van der Waals surface area contributed by atoms with Gasteiger partial charge in [0.15, 0.2) is 0 Å². The molecule has 2 aromatic carbocycles. The lowest BCUT2D eigenvalue weighted by Crippen LogP contribution is -2.38. The van der Waals surface area contributed by atoms with E-state index < -0.39 is 0 Å². The molecule has 0 heterocycles. The highest BCUT2D eigenvalue weighted by molar-refractivity contribution is 6.17. The molecule has 1 aliphatic carbocycles. The number of hydrogen-bond acceptors (Lipinski definition) is 0. The Morgan fingerprint density at radius 2 is 1.42 bits per heavy atom. The third kappa shape index (κ3) is 1.64. The number of benzene rings is 2. The Hall–Kier alpha value is -1.34. The first-order valence-corrected chi connectivity index (χ1v) is 8.10. The molecule has 0 nitrogen and oxygen atoms in total. The molecule has 0 spiro atoms. The van der Waals surface area contributed by atoms with Gasteiger partial charge in [-0.1, -0.05) is 75.4 Å². The molecule has 0 saturated carbocycles. The van der Waals surface area contributed by atoms with Gasteiger partial charge in [0.05, 0.1) is 0 Å². The van der Waals surface area contributed by atoms with Crippen LogP contribution in [0, 0.1) is 5.41 Å². The van der Waals surface area contributed by atoms with Gasteiger partial charge in [-0.3, -0.25) is 0 Å². The Bertz CT molecular complexity index is 596. The van der Waals surface area contributed by atoms with Crippen LogP contribution in [0.25, 0.3) is 0 Å². The van der Waals surface area contributed by atoms with Gasteiger partial charge in [0.25, 0.3) is 0 Å². The topological polar surface area (TPSA) is 0 Å². The minimum atomic E-state index is 0.282. The Morgan fingerprint density at radius 1 is 0.842 bits per heavy atom. The van der Waals surface area contributed by atoms with E-state index in [0.29, 0.717) is 11.0 Å². The van der Waals surface area contributed by atoms with E-state index in [-0.39, 0.29) is 5.41 Å². The van der Waals surface area contributed by atoms with E-state index in [2.05, 4.69) is 75.4 Å². The van der Waals surface area contributed by atoms with Crippen LogP contribution in [0.4, 0.5) is 0 Å². The fourth-order valence-corrected chi connectivity index (χ4v) is 4.40. The molecule has 3 rings (SSSR count). The first-order valence-electron chi connectivity index (χ1n) is 7.10. The monoisotopic (exact) mass is 266 g/mol. The van der Waals surface area contributed by atoms with Crippen molar-refractivity contribution in [3.05, 3.63) is 71.3 Å². The summed E-state index contributed by atoms with van der Waals surface area (Å²) in [6.07, 6.45) is 0. The largest absolute Gasteiger partial charge is 0.0622 e. The van der Waals surface area contributed by atoms with E-state index >= 15 is 0 Å². The van der Waals surface area contributed by atoms with Crippen LogP contribution in [0.3, 0.4) is 0 Å². The Labute approximate surface area is 119 Å². The first-order chi connectivity index (χ1) is 8.96. The van der Waals surface area contributed by atoms with E-state index in [1.165, 1.54) is 21.4 Å². The van der Waals surface area contributed by atoms with Gasteiger partial charge in [0.1, 0.15) is 0 Å². The predicted octanol–water partition coefficient (Wildman–Crippen LogP) is 3.44. The number of rotatable bonds is 1. The Balaban J connectivity index is 2.25. The van der Waals surface area contributed by atoms with Crippen molar-refractivity contribution in [1.82, 2.24) is 0 Å². The average Bonchev–Trinajstić information content (AvgIpc) is 2.55. The van der Waals surface area contributed by atoms with E-state index in [1.54, 1.807) is 5.56 Å². The molecule has 1 heteroatoms. The average molecular weight is 266 g/mol. The summed E-state index contributed by atoms with van der Waals surface area (Å²) < 4.78 is 0. The van der Waals surface area contributed by atoms with Gasteiger partial charge in [-0.15, -0.1) is 0 Å². The molecule has 0 fully saturated rings. The summed E-state index contributed by atoms with van der Waals surface area (Å²) in [5.41, 5.74) is 4.85. The summed E-state index contributed by atoms with van der Waals surface area (Å²) in [4.78, 5) is 0. The van der Waals surface area contributed by atoms with Gasteiger partial charge in [-0.2, -0.15) is 0 Å². The van der Waals surface area contributed by atoms with Crippen LogP contribution < -0.4 is 0 Å². The molecule has 0 saturated heterocycles. The van der Waals surface area contributed by atoms with Gasteiger partial charge in [-0.25, -0.2) is 0 Å². The van der Waals surface area contributed by atoms with Gasteiger partial charge in [0, 0.05) is 16.2 Å². The molecular formula is C18H22Si. The predicted molar refractivity (Wildman–Crippen MR) is 85.8 cm³/mol. The summed E-state index contributed by atoms with van der Waals surface area (Å²) in [5.74, 6) is 0.521. The summed E-state index contributed by atoms with van der Waals surface area (Å²) in [6.45, 7) is 7.33. The lowest BCUT2D eigenvalue weighted by molar-refractivity contribution is 0.258. The van der Waals surface area contributed by atoms with Crippen molar-refractivity contribution < 1.29 is 0 Å². The number of fused-ring (bicyclic) bond motifs is 1. The van der Waals surface area contributed by atoms with E-state index in [9.17, 15) is 0 Å². The molecule has 0 radical (unpaired) electrons. The van der Waals surface area contributed by atoms with Crippen LogP contribution in [-0.4, -0.2) is 10.2 Å². The van der Waals surface area contributed by atoms with Gasteiger partial charge in [-0.05, 0) is 27.1 Å². The molecule has 98 valence electrons. The molecule has 0 bridgehead atoms. The third-order valence-electron chi connectivity index (χ3n) is 5.41. The van der Waals surface area contributed by atoms with Gasteiger partial charge >= 0.3 is 0 Å². The summed E-state index contributed by atoms with van der Waals surface area (Å²) in [7, 11) is 1.19. The molecule has 0 aromatic heterocycles. The minimum absolute atomic E-state index is 0.282. The first kappa shape index (κ1) is 12.7. The molecule has 0 amide bonds.